The van der Waals surface area contributed by atoms with E-state index < -0.39 is 0 Å². The minimum Gasteiger partial charge on any atom is -0.166 e. The molecular formula is C9H8S2. The molecular weight excluding hydrogens is 172 g/mol. The van der Waals surface area contributed by atoms with Crippen LogP contribution in [0.5, 0.6) is 0 Å². The van der Waals surface area contributed by atoms with Crippen LogP contribution in [-0.2, 0) is 0 Å². The molecule has 1 rings (SSSR count). The summed E-state index contributed by atoms with van der Waals surface area (Å²) in [4.78, 5) is 0.960. The molecule has 0 saturated carbocycles. The van der Waals surface area contributed by atoms with Crippen molar-refractivity contribution in [2.75, 3.05) is 5.75 Å². The Hall–Kier alpha value is -0.520. The smallest absolute Gasteiger partial charge is 0.0521 e. The van der Waals surface area contributed by atoms with Crippen LogP contribution in [0.4, 0.5) is 0 Å². The van der Waals surface area contributed by atoms with Gasteiger partial charge in [0, 0.05) is 10.5 Å². The lowest BCUT2D eigenvalue weighted by molar-refractivity contribution is 1.46. The van der Waals surface area contributed by atoms with Crippen molar-refractivity contribution in [3.63, 3.8) is 0 Å². The first-order valence-electron chi connectivity index (χ1n) is 3.21. The van der Waals surface area contributed by atoms with Gasteiger partial charge in [0.25, 0.3) is 0 Å². The highest BCUT2D eigenvalue weighted by molar-refractivity contribution is 7.80. The van der Waals surface area contributed by atoms with Gasteiger partial charge in [0.05, 0.1) is 5.75 Å². The number of thiol groups is 2. The number of rotatable bonds is 0. The quantitative estimate of drug-likeness (QED) is 0.444. The average molecular weight is 180 g/mol. The molecule has 0 unspecified atom stereocenters. The Kier molecular flexibility index (Phi) is 3.41. The van der Waals surface area contributed by atoms with E-state index in [1.54, 1.807) is 0 Å². The molecule has 0 heterocycles. The van der Waals surface area contributed by atoms with Gasteiger partial charge in [0.2, 0.25) is 0 Å². The van der Waals surface area contributed by atoms with Crippen molar-refractivity contribution in [3.8, 4) is 11.8 Å². The van der Waals surface area contributed by atoms with Crippen LogP contribution in [0.25, 0.3) is 0 Å². The number of hydrogen-bond acceptors (Lipinski definition) is 2. The maximum atomic E-state index is 4.16. The standard InChI is InChI=1S/C9H8S2/c10-7-1-2-8-3-5-9(11)6-4-8/h3-6,10-11H,7H2. The molecule has 11 heavy (non-hydrogen) atoms. The van der Waals surface area contributed by atoms with Crippen LogP contribution in [0.3, 0.4) is 0 Å². The molecule has 0 aliphatic rings. The molecule has 1 aromatic carbocycles. The van der Waals surface area contributed by atoms with Gasteiger partial charge in [-0.2, -0.15) is 12.6 Å². The molecule has 0 aliphatic heterocycles. The largest absolute Gasteiger partial charge is 0.166 e. The minimum absolute atomic E-state index is 0.600. The molecule has 0 aromatic heterocycles. The van der Waals surface area contributed by atoms with Crippen LogP contribution in [0.15, 0.2) is 29.2 Å². The van der Waals surface area contributed by atoms with E-state index in [0.717, 1.165) is 10.5 Å². The monoisotopic (exact) mass is 180 g/mol. The molecule has 0 amide bonds. The summed E-state index contributed by atoms with van der Waals surface area (Å²) in [6.07, 6.45) is 0. The van der Waals surface area contributed by atoms with Crippen LogP contribution in [0, 0.1) is 11.8 Å². The highest BCUT2D eigenvalue weighted by Gasteiger charge is 1.84. The van der Waals surface area contributed by atoms with Crippen LogP contribution >= 0.6 is 25.3 Å². The van der Waals surface area contributed by atoms with Crippen LogP contribution < -0.4 is 0 Å². The summed E-state index contributed by atoms with van der Waals surface area (Å²) in [6.45, 7) is 0. The fraction of sp³-hybridized carbons (Fsp3) is 0.111. The molecule has 0 nitrogen and oxygen atoms in total. The van der Waals surface area contributed by atoms with E-state index in [4.69, 9.17) is 0 Å². The first kappa shape index (κ1) is 8.58. The molecule has 0 spiro atoms. The maximum Gasteiger partial charge on any atom is 0.0521 e. The zero-order valence-electron chi connectivity index (χ0n) is 5.91. The molecule has 0 bridgehead atoms. The first-order chi connectivity index (χ1) is 5.33. The van der Waals surface area contributed by atoms with Gasteiger partial charge in [-0.3, -0.25) is 0 Å². The zero-order chi connectivity index (χ0) is 8.10. The van der Waals surface area contributed by atoms with Gasteiger partial charge in [-0.05, 0) is 24.3 Å². The van der Waals surface area contributed by atoms with E-state index in [9.17, 15) is 0 Å². The lowest BCUT2D eigenvalue weighted by atomic mass is 10.2. The van der Waals surface area contributed by atoms with Gasteiger partial charge in [0.15, 0.2) is 0 Å². The Morgan fingerprint density at radius 3 is 2.36 bits per heavy atom. The van der Waals surface area contributed by atoms with Crippen molar-refractivity contribution in [1.82, 2.24) is 0 Å². The van der Waals surface area contributed by atoms with Gasteiger partial charge in [-0.15, -0.1) is 12.6 Å². The Labute approximate surface area is 77.8 Å². The van der Waals surface area contributed by atoms with Gasteiger partial charge in [0.1, 0.15) is 0 Å². The van der Waals surface area contributed by atoms with Crippen molar-refractivity contribution in [3.05, 3.63) is 29.8 Å². The van der Waals surface area contributed by atoms with Gasteiger partial charge < -0.3 is 0 Å². The third-order valence-corrected chi connectivity index (χ3v) is 1.64. The fourth-order valence-corrected chi connectivity index (χ4v) is 0.914. The maximum absolute atomic E-state index is 4.16. The summed E-state index contributed by atoms with van der Waals surface area (Å²) >= 11 is 8.14. The summed E-state index contributed by atoms with van der Waals surface area (Å²) in [5.41, 5.74) is 1.01. The van der Waals surface area contributed by atoms with Crippen LogP contribution in [-0.4, -0.2) is 5.75 Å². The van der Waals surface area contributed by atoms with E-state index in [0.29, 0.717) is 5.75 Å². The van der Waals surface area contributed by atoms with Gasteiger partial charge >= 0.3 is 0 Å². The van der Waals surface area contributed by atoms with Crippen LogP contribution in [0.1, 0.15) is 5.56 Å². The molecule has 0 fully saturated rings. The van der Waals surface area contributed by atoms with Crippen molar-refractivity contribution in [1.29, 1.82) is 0 Å². The third kappa shape index (κ3) is 2.92. The summed E-state index contributed by atoms with van der Waals surface area (Å²) in [6, 6.07) is 7.73. The van der Waals surface area contributed by atoms with E-state index in [1.165, 1.54) is 0 Å². The Balaban J connectivity index is 2.82. The summed E-state index contributed by atoms with van der Waals surface area (Å²) in [5, 5.41) is 0. The van der Waals surface area contributed by atoms with Gasteiger partial charge in [-0.1, -0.05) is 11.8 Å². The second-order valence-corrected chi connectivity index (χ2v) is 2.84. The molecule has 56 valence electrons. The average Bonchev–Trinajstić information content (AvgIpc) is 2.04. The highest BCUT2D eigenvalue weighted by atomic mass is 32.1. The molecule has 0 aliphatic carbocycles. The van der Waals surface area contributed by atoms with Gasteiger partial charge in [-0.25, -0.2) is 0 Å². The minimum atomic E-state index is 0.600. The predicted octanol–water partition coefficient (Wildman–Crippen LogP) is 2.26. The molecule has 0 atom stereocenters. The van der Waals surface area contributed by atoms with E-state index in [2.05, 4.69) is 37.1 Å². The lowest BCUT2D eigenvalue weighted by Crippen LogP contribution is -1.72. The summed E-state index contributed by atoms with van der Waals surface area (Å²) in [7, 11) is 0. The third-order valence-electron chi connectivity index (χ3n) is 1.18. The topological polar surface area (TPSA) is 0 Å². The van der Waals surface area contributed by atoms with Crippen molar-refractivity contribution < 1.29 is 0 Å². The molecule has 0 radical (unpaired) electrons. The summed E-state index contributed by atoms with van der Waals surface area (Å²) in [5.74, 6) is 6.43. The SMILES string of the molecule is SCC#Cc1ccc(S)cc1. The number of benzene rings is 1. The zero-order valence-corrected chi connectivity index (χ0v) is 7.70. The van der Waals surface area contributed by atoms with Crippen molar-refractivity contribution >= 4 is 25.3 Å². The summed E-state index contributed by atoms with van der Waals surface area (Å²) < 4.78 is 0. The van der Waals surface area contributed by atoms with E-state index in [1.807, 2.05) is 24.3 Å². The first-order valence-corrected chi connectivity index (χ1v) is 4.29. The predicted molar refractivity (Wildman–Crippen MR) is 54.4 cm³/mol. The normalized spacial score (nSPS) is 8.55. The van der Waals surface area contributed by atoms with Crippen molar-refractivity contribution in [2.24, 2.45) is 0 Å². The second-order valence-electron chi connectivity index (χ2n) is 2.01. The molecule has 0 N–H and O–H groups in total. The lowest BCUT2D eigenvalue weighted by Gasteiger charge is -1.89. The molecule has 1 aromatic rings. The molecule has 2 heteroatoms. The number of hydrogen-bond donors (Lipinski definition) is 2. The molecule has 0 saturated heterocycles. The van der Waals surface area contributed by atoms with Crippen molar-refractivity contribution in [2.45, 2.75) is 4.90 Å². The van der Waals surface area contributed by atoms with Crippen LogP contribution in [0.2, 0.25) is 0 Å². The highest BCUT2D eigenvalue weighted by Crippen LogP contribution is 2.06. The Morgan fingerprint density at radius 1 is 1.18 bits per heavy atom. The van der Waals surface area contributed by atoms with E-state index >= 15 is 0 Å². The fourth-order valence-electron chi connectivity index (χ4n) is 0.686. The Bertz CT molecular complexity index is 277. The Morgan fingerprint density at radius 2 is 1.82 bits per heavy atom. The second kappa shape index (κ2) is 4.38. The van der Waals surface area contributed by atoms with E-state index in [-0.39, 0.29) is 0 Å².